The van der Waals surface area contributed by atoms with Crippen LogP contribution in [0.25, 0.3) is 5.76 Å². The van der Waals surface area contributed by atoms with E-state index in [1.165, 1.54) is 4.90 Å². The van der Waals surface area contributed by atoms with Crippen LogP contribution in [-0.2, 0) is 9.59 Å². The van der Waals surface area contributed by atoms with Gasteiger partial charge in [0.15, 0.2) is 0 Å². The highest BCUT2D eigenvalue weighted by molar-refractivity contribution is 6.51. The largest absolute Gasteiger partial charge is 0.507 e. The molecule has 1 aliphatic rings. The average molecular weight is 398 g/mol. The lowest BCUT2D eigenvalue weighted by molar-refractivity contribution is -0.132. The second-order valence-electron chi connectivity index (χ2n) is 7.57. The molecule has 150 valence electrons. The zero-order chi connectivity index (χ0) is 21.3. The van der Waals surface area contributed by atoms with Gasteiger partial charge < -0.3 is 5.11 Å². The molecule has 4 rings (SSSR count). The highest BCUT2D eigenvalue weighted by Gasteiger charge is 2.47. The summed E-state index contributed by atoms with van der Waals surface area (Å²) >= 11 is 0. The number of aromatic nitrogens is 1. The maximum absolute atomic E-state index is 13.1. The molecule has 5 nitrogen and oxygen atoms in total. The molecule has 1 amide bonds. The standard InChI is InChI=1S/C25H22N2O3/c1-16(2)17-10-12-20(13-11-17)27-22(19-9-6-14-26-15-19)21(24(29)25(27)30)23(28)18-7-4-3-5-8-18/h3-16,22,28H,1-2H3/b23-21+. The summed E-state index contributed by atoms with van der Waals surface area (Å²) in [5, 5.41) is 11.0. The maximum Gasteiger partial charge on any atom is 0.300 e. The number of amides is 1. The van der Waals surface area contributed by atoms with Crippen LogP contribution >= 0.6 is 0 Å². The second kappa shape index (κ2) is 7.95. The Morgan fingerprint density at radius 1 is 0.967 bits per heavy atom. The summed E-state index contributed by atoms with van der Waals surface area (Å²) in [6, 6.07) is 19.2. The van der Waals surface area contributed by atoms with E-state index in [0.717, 1.165) is 5.56 Å². The van der Waals surface area contributed by atoms with Crippen LogP contribution < -0.4 is 4.90 Å². The van der Waals surface area contributed by atoms with Crippen molar-refractivity contribution in [3.63, 3.8) is 0 Å². The molecular weight excluding hydrogens is 376 g/mol. The number of aliphatic hydroxyl groups excluding tert-OH is 1. The Balaban J connectivity index is 1.90. The molecule has 1 saturated heterocycles. The number of carbonyl (C=O) groups is 2. The SMILES string of the molecule is CC(C)c1ccc(N2C(=O)C(=O)/C(=C(/O)c3ccccc3)C2c2cccnc2)cc1. The van der Waals surface area contributed by atoms with Crippen molar-refractivity contribution in [2.75, 3.05) is 4.90 Å². The summed E-state index contributed by atoms with van der Waals surface area (Å²) in [5.74, 6) is -1.22. The molecule has 3 aromatic rings. The third-order valence-corrected chi connectivity index (χ3v) is 5.33. The lowest BCUT2D eigenvalue weighted by Crippen LogP contribution is -2.29. The van der Waals surface area contributed by atoms with Crippen molar-refractivity contribution in [1.29, 1.82) is 0 Å². The molecule has 0 radical (unpaired) electrons. The lowest BCUT2D eigenvalue weighted by atomic mass is 9.96. The molecule has 1 fully saturated rings. The van der Waals surface area contributed by atoms with E-state index in [-0.39, 0.29) is 11.3 Å². The van der Waals surface area contributed by atoms with Gasteiger partial charge in [-0.1, -0.05) is 62.4 Å². The average Bonchev–Trinajstić information content (AvgIpc) is 3.05. The number of pyridine rings is 1. The Labute approximate surface area is 175 Å². The van der Waals surface area contributed by atoms with Crippen molar-refractivity contribution >= 4 is 23.1 Å². The monoisotopic (exact) mass is 398 g/mol. The minimum Gasteiger partial charge on any atom is -0.507 e. The van der Waals surface area contributed by atoms with Gasteiger partial charge in [0.25, 0.3) is 11.7 Å². The van der Waals surface area contributed by atoms with Crippen LogP contribution in [0.5, 0.6) is 0 Å². The van der Waals surface area contributed by atoms with Crippen molar-refractivity contribution in [3.8, 4) is 0 Å². The van der Waals surface area contributed by atoms with Crippen LogP contribution in [0.3, 0.4) is 0 Å². The number of aliphatic hydroxyl groups is 1. The lowest BCUT2D eigenvalue weighted by Gasteiger charge is -2.25. The Morgan fingerprint density at radius 2 is 1.67 bits per heavy atom. The third-order valence-electron chi connectivity index (χ3n) is 5.33. The summed E-state index contributed by atoms with van der Waals surface area (Å²) in [6.07, 6.45) is 3.24. The van der Waals surface area contributed by atoms with Crippen LogP contribution in [-0.4, -0.2) is 21.8 Å². The van der Waals surface area contributed by atoms with E-state index in [1.54, 1.807) is 48.8 Å². The number of nitrogens with zero attached hydrogens (tertiary/aromatic N) is 2. The fraction of sp³-hybridized carbons (Fsp3) is 0.160. The molecule has 30 heavy (non-hydrogen) atoms. The summed E-state index contributed by atoms with van der Waals surface area (Å²) in [6.45, 7) is 4.19. The van der Waals surface area contributed by atoms with Gasteiger partial charge in [0, 0.05) is 23.6 Å². The van der Waals surface area contributed by atoms with Crippen LogP contribution in [0.15, 0.2) is 84.7 Å². The van der Waals surface area contributed by atoms with E-state index in [0.29, 0.717) is 22.7 Å². The van der Waals surface area contributed by atoms with E-state index in [4.69, 9.17) is 0 Å². The van der Waals surface area contributed by atoms with Gasteiger partial charge in [-0.25, -0.2) is 0 Å². The second-order valence-corrected chi connectivity index (χ2v) is 7.57. The number of hydrogen-bond acceptors (Lipinski definition) is 4. The van der Waals surface area contributed by atoms with Crippen LogP contribution in [0.4, 0.5) is 5.69 Å². The molecule has 1 atom stereocenters. The number of ketones is 1. The van der Waals surface area contributed by atoms with Gasteiger partial charge in [-0.2, -0.15) is 0 Å². The first kappa shape index (κ1) is 19.6. The summed E-state index contributed by atoms with van der Waals surface area (Å²) < 4.78 is 0. The fourth-order valence-corrected chi connectivity index (χ4v) is 3.72. The number of Topliss-reactive ketones (excluding diaryl/α,β-unsaturated/α-hetero) is 1. The number of benzene rings is 2. The highest BCUT2D eigenvalue weighted by atomic mass is 16.3. The van der Waals surface area contributed by atoms with E-state index >= 15 is 0 Å². The van der Waals surface area contributed by atoms with Gasteiger partial charge in [-0.15, -0.1) is 0 Å². The smallest absolute Gasteiger partial charge is 0.300 e. The Hall–Kier alpha value is -3.73. The Morgan fingerprint density at radius 3 is 2.27 bits per heavy atom. The summed E-state index contributed by atoms with van der Waals surface area (Å²) in [5.41, 5.74) is 2.94. The van der Waals surface area contributed by atoms with E-state index in [1.807, 2.05) is 30.3 Å². The summed E-state index contributed by atoms with van der Waals surface area (Å²) in [7, 11) is 0. The molecule has 1 unspecified atom stereocenters. The van der Waals surface area contributed by atoms with E-state index < -0.39 is 17.7 Å². The van der Waals surface area contributed by atoms with Crippen LogP contribution in [0.1, 0.15) is 42.5 Å². The van der Waals surface area contributed by atoms with Crippen LogP contribution in [0, 0.1) is 0 Å². The molecule has 1 N–H and O–H groups in total. The first-order valence-electron chi connectivity index (χ1n) is 9.85. The molecule has 2 aromatic carbocycles. The molecule has 0 saturated carbocycles. The zero-order valence-corrected chi connectivity index (χ0v) is 16.8. The van der Waals surface area contributed by atoms with Gasteiger partial charge >= 0.3 is 0 Å². The minimum atomic E-state index is -0.760. The normalized spacial score (nSPS) is 18.2. The zero-order valence-electron chi connectivity index (χ0n) is 16.8. The molecule has 1 aromatic heterocycles. The molecule has 1 aliphatic heterocycles. The number of anilines is 1. The predicted molar refractivity (Wildman–Crippen MR) is 116 cm³/mol. The third kappa shape index (κ3) is 3.39. The van der Waals surface area contributed by atoms with Crippen molar-refractivity contribution < 1.29 is 14.7 Å². The number of carbonyl (C=O) groups excluding carboxylic acids is 2. The molecule has 5 heteroatoms. The van der Waals surface area contributed by atoms with Gasteiger partial charge in [-0.05, 0) is 35.2 Å². The Kier molecular flexibility index (Phi) is 5.19. The van der Waals surface area contributed by atoms with Gasteiger partial charge in [-0.3, -0.25) is 19.5 Å². The molecular formula is C25H22N2O3. The van der Waals surface area contributed by atoms with E-state index in [2.05, 4.69) is 18.8 Å². The van der Waals surface area contributed by atoms with Crippen molar-refractivity contribution in [1.82, 2.24) is 4.98 Å². The first-order chi connectivity index (χ1) is 14.5. The van der Waals surface area contributed by atoms with Crippen LogP contribution in [0.2, 0.25) is 0 Å². The number of hydrogen-bond donors (Lipinski definition) is 1. The molecule has 0 bridgehead atoms. The Bertz CT molecular complexity index is 1100. The molecule has 0 aliphatic carbocycles. The predicted octanol–water partition coefficient (Wildman–Crippen LogP) is 4.83. The van der Waals surface area contributed by atoms with Gasteiger partial charge in [0.1, 0.15) is 5.76 Å². The van der Waals surface area contributed by atoms with Crippen molar-refractivity contribution in [2.24, 2.45) is 0 Å². The van der Waals surface area contributed by atoms with Crippen molar-refractivity contribution in [2.45, 2.75) is 25.8 Å². The molecule has 2 heterocycles. The molecule has 0 spiro atoms. The first-order valence-corrected chi connectivity index (χ1v) is 9.85. The minimum absolute atomic E-state index is 0.0622. The highest BCUT2D eigenvalue weighted by Crippen LogP contribution is 2.42. The number of rotatable bonds is 4. The summed E-state index contributed by atoms with van der Waals surface area (Å²) in [4.78, 5) is 31.7. The quantitative estimate of drug-likeness (QED) is 0.388. The fourth-order valence-electron chi connectivity index (χ4n) is 3.72. The van der Waals surface area contributed by atoms with Gasteiger partial charge in [0.2, 0.25) is 0 Å². The van der Waals surface area contributed by atoms with Gasteiger partial charge in [0.05, 0.1) is 11.6 Å². The van der Waals surface area contributed by atoms with E-state index in [9.17, 15) is 14.7 Å². The topological polar surface area (TPSA) is 70.5 Å². The van der Waals surface area contributed by atoms with Crippen molar-refractivity contribution in [3.05, 3.63) is 101 Å². The maximum atomic E-state index is 13.1.